The van der Waals surface area contributed by atoms with Crippen molar-refractivity contribution >= 4 is 40.6 Å². The number of para-hydroxylation sites is 3. The lowest BCUT2D eigenvalue weighted by atomic mass is 10.2. The maximum Gasteiger partial charge on any atom is 0.262 e. The highest BCUT2D eigenvalue weighted by molar-refractivity contribution is 8.00. The summed E-state index contributed by atoms with van der Waals surface area (Å²) in [7, 11) is 0. The Hall–Kier alpha value is -4.03. The van der Waals surface area contributed by atoms with E-state index in [1.54, 1.807) is 17.0 Å². The van der Waals surface area contributed by atoms with Gasteiger partial charge in [-0.15, -0.1) is 11.8 Å². The third-order valence-electron chi connectivity index (χ3n) is 4.89. The van der Waals surface area contributed by atoms with Crippen molar-refractivity contribution in [1.29, 1.82) is 0 Å². The molecule has 0 bridgehead atoms. The molecule has 0 aliphatic heterocycles. The second-order valence-corrected chi connectivity index (χ2v) is 8.41. The Bertz CT molecular complexity index is 1160. The van der Waals surface area contributed by atoms with Crippen molar-refractivity contribution in [3.63, 3.8) is 0 Å². The molecule has 4 aromatic rings. The summed E-state index contributed by atoms with van der Waals surface area (Å²) in [4.78, 5) is 28.0. The van der Waals surface area contributed by atoms with E-state index in [1.807, 2.05) is 103 Å². The Morgan fingerprint density at radius 1 is 0.706 bits per heavy atom. The SMILES string of the molecule is O=C(COc1ccccc1)Nc1ccc(SCC(=O)N(c2ccccc2)c2ccccc2)cc1. The first-order chi connectivity index (χ1) is 16.7. The van der Waals surface area contributed by atoms with Gasteiger partial charge in [-0.1, -0.05) is 54.6 Å². The van der Waals surface area contributed by atoms with Crippen LogP contribution in [-0.2, 0) is 9.59 Å². The summed E-state index contributed by atoms with van der Waals surface area (Å²) in [5, 5.41) is 2.82. The summed E-state index contributed by atoms with van der Waals surface area (Å²) < 4.78 is 5.47. The number of hydrogen-bond acceptors (Lipinski definition) is 4. The summed E-state index contributed by atoms with van der Waals surface area (Å²) in [5.41, 5.74) is 2.33. The molecule has 0 fully saturated rings. The number of benzene rings is 4. The minimum atomic E-state index is -0.235. The molecule has 0 atom stereocenters. The van der Waals surface area contributed by atoms with E-state index in [1.165, 1.54) is 11.8 Å². The number of hydrogen-bond donors (Lipinski definition) is 1. The lowest BCUT2D eigenvalue weighted by Gasteiger charge is -2.23. The molecule has 0 aliphatic carbocycles. The van der Waals surface area contributed by atoms with Crippen LogP contribution in [0.5, 0.6) is 5.75 Å². The molecule has 4 aromatic carbocycles. The molecule has 0 saturated heterocycles. The van der Waals surface area contributed by atoms with Crippen molar-refractivity contribution < 1.29 is 14.3 Å². The van der Waals surface area contributed by atoms with Crippen LogP contribution in [0.25, 0.3) is 0 Å². The molecule has 34 heavy (non-hydrogen) atoms. The Morgan fingerprint density at radius 3 is 1.79 bits per heavy atom. The molecule has 0 heterocycles. The fourth-order valence-corrected chi connectivity index (χ4v) is 4.05. The number of nitrogens with zero attached hydrogens (tertiary/aromatic N) is 1. The number of nitrogens with one attached hydrogen (secondary N) is 1. The first-order valence-electron chi connectivity index (χ1n) is 10.8. The van der Waals surface area contributed by atoms with Crippen molar-refractivity contribution in [2.24, 2.45) is 0 Å². The molecule has 0 unspecified atom stereocenters. The molecule has 1 N–H and O–H groups in total. The van der Waals surface area contributed by atoms with E-state index < -0.39 is 0 Å². The second kappa shape index (κ2) is 11.7. The van der Waals surface area contributed by atoms with Gasteiger partial charge in [-0.3, -0.25) is 14.5 Å². The number of thioether (sulfide) groups is 1. The van der Waals surface area contributed by atoms with E-state index in [0.717, 1.165) is 16.3 Å². The maximum atomic E-state index is 13.2. The van der Waals surface area contributed by atoms with Crippen molar-refractivity contribution in [2.75, 3.05) is 22.6 Å². The van der Waals surface area contributed by atoms with E-state index >= 15 is 0 Å². The zero-order chi connectivity index (χ0) is 23.6. The predicted molar refractivity (Wildman–Crippen MR) is 138 cm³/mol. The van der Waals surface area contributed by atoms with Gasteiger partial charge in [0.05, 0.1) is 5.75 Å². The van der Waals surface area contributed by atoms with E-state index in [2.05, 4.69) is 5.32 Å². The molecule has 0 spiro atoms. The standard InChI is InChI=1S/C28H24N2O3S/c31-27(20-33-25-14-8-3-9-15-25)29-22-16-18-26(19-17-22)34-21-28(32)30(23-10-4-1-5-11-23)24-12-6-2-7-13-24/h1-19H,20-21H2,(H,29,31). The van der Waals surface area contributed by atoms with Crippen molar-refractivity contribution in [1.82, 2.24) is 0 Å². The average Bonchev–Trinajstić information content (AvgIpc) is 2.89. The molecular weight excluding hydrogens is 444 g/mol. The number of anilines is 3. The Balaban J connectivity index is 1.33. The van der Waals surface area contributed by atoms with Gasteiger partial charge in [0.1, 0.15) is 5.75 Å². The molecular formula is C28H24N2O3S. The third kappa shape index (κ3) is 6.49. The Labute approximate surface area is 203 Å². The van der Waals surface area contributed by atoms with Crippen molar-refractivity contribution in [3.8, 4) is 5.75 Å². The fraction of sp³-hybridized carbons (Fsp3) is 0.0714. The van der Waals surface area contributed by atoms with Crippen LogP contribution in [0.15, 0.2) is 120 Å². The smallest absolute Gasteiger partial charge is 0.262 e. The van der Waals surface area contributed by atoms with Gasteiger partial charge in [0.25, 0.3) is 5.91 Å². The van der Waals surface area contributed by atoms with Gasteiger partial charge in [-0.2, -0.15) is 0 Å². The first-order valence-corrected chi connectivity index (χ1v) is 11.8. The molecule has 0 saturated carbocycles. The molecule has 2 amide bonds. The Morgan fingerprint density at radius 2 is 1.24 bits per heavy atom. The van der Waals surface area contributed by atoms with Crippen LogP contribution in [-0.4, -0.2) is 24.2 Å². The summed E-state index contributed by atoms with van der Waals surface area (Å²) in [6.07, 6.45) is 0. The highest BCUT2D eigenvalue weighted by Crippen LogP contribution is 2.28. The largest absolute Gasteiger partial charge is 0.484 e. The molecule has 6 heteroatoms. The Kier molecular flexibility index (Phi) is 7.98. The van der Waals surface area contributed by atoms with Gasteiger partial charge in [-0.05, 0) is 60.7 Å². The minimum absolute atomic E-state index is 0.0159. The topological polar surface area (TPSA) is 58.6 Å². The molecule has 4 rings (SSSR count). The summed E-state index contributed by atoms with van der Waals surface area (Å²) in [5.74, 6) is 0.674. The van der Waals surface area contributed by atoms with Crippen LogP contribution in [0, 0.1) is 0 Å². The van der Waals surface area contributed by atoms with Crippen LogP contribution in [0.1, 0.15) is 0 Å². The molecule has 5 nitrogen and oxygen atoms in total. The molecule has 0 radical (unpaired) electrons. The maximum absolute atomic E-state index is 13.2. The monoisotopic (exact) mass is 468 g/mol. The van der Waals surface area contributed by atoms with Gasteiger partial charge < -0.3 is 10.1 Å². The van der Waals surface area contributed by atoms with Gasteiger partial charge in [0.2, 0.25) is 5.91 Å². The molecule has 0 aliphatic rings. The van der Waals surface area contributed by atoms with Crippen LogP contribution < -0.4 is 15.0 Å². The second-order valence-electron chi connectivity index (χ2n) is 7.36. The van der Waals surface area contributed by atoms with Crippen LogP contribution in [0.4, 0.5) is 17.1 Å². The molecule has 0 aromatic heterocycles. The highest BCUT2D eigenvalue weighted by atomic mass is 32.2. The van der Waals surface area contributed by atoms with Crippen molar-refractivity contribution in [3.05, 3.63) is 115 Å². The summed E-state index contributed by atoms with van der Waals surface area (Å²) in [6.45, 7) is -0.0657. The van der Waals surface area contributed by atoms with Gasteiger partial charge in [0.15, 0.2) is 6.61 Å². The zero-order valence-electron chi connectivity index (χ0n) is 18.5. The average molecular weight is 469 g/mol. The zero-order valence-corrected chi connectivity index (χ0v) is 19.3. The predicted octanol–water partition coefficient (Wildman–Crippen LogP) is 6.16. The number of amides is 2. The number of rotatable bonds is 9. The fourth-order valence-electron chi connectivity index (χ4n) is 3.30. The van der Waals surface area contributed by atoms with Crippen molar-refractivity contribution in [2.45, 2.75) is 4.90 Å². The van der Waals surface area contributed by atoms with Crippen LogP contribution in [0.3, 0.4) is 0 Å². The van der Waals surface area contributed by atoms with E-state index in [9.17, 15) is 9.59 Å². The quantitative estimate of drug-likeness (QED) is 0.299. The summed E-state index contributed by atoms with van der Waals surface area (Å²) >= 11 is 1.45. The highest BCUT2D eigenvalue weighted by Gasteiger charge is 2.18. The third-order valence-corrected chi connectivity index (χ3v) is 5.89. The number of carbonyl (C=O) groups is 2. The minimum Gasteiger partial charge on any atom is -0.484 e. The molecule has 170 valence electrons. The van der Waals surface area contributed by atoms with E-state index in [4.69, 9.17) is 4.74 Å². The lowest BCUT2D eigenvalue weighted by molar-refractivity contribution is -0.118. The lowest BCUT2D eigenvalue weighted by Crippen LogP contribution is -2.27. The number of carbonyl (C=O) groups excluding carboxylic acids is 2. The van der Waals surface area contributed by atoms with Gasteiger partial charge in [-0.25, -0.2) is 0 Å². The van der Waals surface area contributed by atoms with E-state index in [0.29, 0.717) is 11.4 Å². The van der Waals surface area contributed by atoms with Crippen LogP contribution >= 0.6 is 11.8 Å². The first kappa shape index (κ1) is 23.1. The van der Waals surface area contributed by atoms with Gasteiger partial charge >= 0.3 is 0 Å². The summed E-state index contributed by atoms with van der Waals surface area (Å²) in [6, 6.07) is 35.9. The van der Waals surface area contributed by atoms with Crippen LogP contribution in [0.2, 0.25) is 0 Å². The normalized spacial score (nSPS) is 10.4. The number of ether oxygens (including phenoxy) is 1. The van der Waals surface area contributed by atoms with Gasteiger partial charge in [0, 0.05) is 22.0 Å². The van der Waals surface area contributed by atoms with E-state index in [-0.39, 0.29) is 24.2 Å².